The average molecular weight is 366 g/mol. The zero-order valence-corrected chi connectivity index (χ0v) is 16.2. The maximum atomic E-state index is 12.0. The van der Waals surface area contributed by atoms with Crippen LogP contribution in [-0.2, 0) is 10.2 Å². The molecule has 0 unspecified atom stereocenters. The molecule has 3 rings (SSSR count). The molecule has 0 spiro atoms. The first-order chi connectivity index (χ1) is 12.3. The van der Waals surface area contributed by atoms with Gasteiger partial charge in [-0.25, -0.2) is 4.98 Å². The lowest BCUT2D eigenvalue weighted by Crippen LogP contribution is -2.10. The molecular formula is C21H22N2O2S. The van der Waals surface area contributed by atoms with E-state index < -0.39 is 0 Å². The summed E-state index contributed by atoms with van der Waals surface area (Å²) in [6.07, 6.45) is 3.08. The summed E-state index contributed by atoms with van der Waals surface area (Å²) in [5, 5.41) is 5.30. The number of nitrogens with zero attached hydrogens (tertiary/aromatic N) is 1. The van der Waals surface area contributed by atoms with Gasteiger partial charge in [-0.15, -0.1) is 11.3 Å². The normalized spacial score (nSPS) is 11.8. The fourth-order valence-corrected chi connectivity index (χ4v) is 3.18. The van der Waals surface area contributed by atoms with Crippen molar-refractivity contribution in [1.82, 2.24) is 4.98 Å². The van der Waals surface area contributed by atoms with E-state index in [1.54, 1.807) is 6.08 Å². The number of aryl methyl sites for hydroxylation is 1. The number of hydrogen-bond donors (Lipinski definition) is 1. The Hall–Kier alpha value is -2.66. The Bertz CT molecular complexity index is 928. The van der Waals surface area contributed by atoms with E-state index in [1.165, 1.54) is 23.0 Å². The largest absolute Gasteiger partial charge is 0.462 e. The summed E-state index contributed by atoms with van der Waals surface area (Å²) in [5.41, 5.74) is 3.30. The number of rotatable bonds is 4. The molecule has 0 saturated heterocycles. The first kappa shape index (κ1) is 18.1. The SMILES string of the molecule is Cc1ccc(/C=C/C(=O)Nc2nc(-c3ccc(C(C)(C)C)cc3)cs2)o1. The quantitative estimate of drug-likeness (QED) is 0.606. The van der Waals surface area contributed by atoms with Gasteiger partial charge in [0.25, 0.3) is 0 Å². The number of carbonyl (C=O) groups is 1. The lowest BCUT2D eigenvalue weighted by atomic mass is 9.86. The van der Waals surface area contributed by atoms with E-state index in [4.69, 9.17) is 4.42 Å². The van der Waals surface area contributed by atoms with E-state index in [-0.39, 0.29) is 11.3 Å². The Morgan fingerprint density at radius 1 is 1.15 bits per heavy atom. The number of carbonyl (C=O) groups excluding carboxylic acids is 1. The first-order valence-electron chi connectivity index (χ1n) is 8.43. The molecule has 0 fully saturated rings. The fourth-order valence-electron chi connectivity index (χ4n) is 2.45. The minimum absolute atomic E-state index is 0.124. The van der Waals surface area contributed by atoms with E-state index in [0.717, 1.165) is 17.0 Å². The third-order valence-electron chi connectivity index (χ3n) is 3.94. The van der Waals surface area contributed by atoms with Crippen LogP contribution >= 0.6 is 11.3 Å². The minimum atomic E-state index is -0.233. The molecular weight excluding hydrogens is 344 g/mol. The van der Waals surface area contributed by atoms with E-state index in [2.05, 4.69) is 55.3 Å². The van der Waals surface area contributed by atoms with Gasteiger partial charge in [0, 0.05) is 17.0 Å². The van der Waals surface area contributed by atoms with Crippen LogP contribution in [0.3, 0.4) is 0 Å². The maximum Gasteiger partial charge on any atom is 0.250 e. The van der Waals surface area contributed by atoms with E-state index >= 15 is 0 Å². The highest BCUT2D eigenvalue weighted by molar-refractivity contribution is 7.14. The minimum Gasteiger partial charge on any atom is -0.462 e. The van der Waals surface area contributed by atoms with Crippen molar-refractivity contribution >= 4 is 28.5 Å². The molecule has 0 bridgehead atoms. The van der Waals surface area contributed by atoms with Gasteiger partial charge in [0.05, 0.1) is 5.69 Å². The number of nitrogens with one attached hydrogen (secondary N) is 1. The van der Waals surface area contributed by atoms with Gasteiger partial charge in [0.15, 0.2) is 5.13 Å². The third-order valence-corrected chi connectivity index (χ3v) is 4.70. The van der Waals surface area contributed by atoms with Crippen molar-refractivity contribution in [3.63, 3.8) is 0 Å². The van der Waals surface area contributed by atoms with Crippen LogP contribution < -0.4 is 5.32 Å². The third kappa shape index (κ3) is 4.49. The van der Waals surface area contributed by atoms with Crippen molar-refractivity contribution < 1.29 is 9.21 Å². The summed E-state index contributed by atoms with van der Waals surface area (Å²) in [7, 11) is 0. The number of thiazole rings is 1. The van der Waals surface area contributed by atoms with Gasteiger partial charge >= 0.3 is 0 Å². The number of benzene rings is 1. The highest BCUT2D eigenvalue weighted by atomic mass is 32.1. The Morgan fingerprint density at radius 3 is 2.50 bits per heavy atom. The zero-order valence-electron chi connectivity index (χ0n) is 15.4. The second kappa shape index (κ2) is 7.30. The smallest absolute Gasteiger partial charge is 0.250 e. The van der Waals surface area contributed by atoms with Gasteiger partial charge in [-0.3, -0.25) is 10.1 Å². The van der Waals surface area contributed by atoms with Gasteiger partial charge < -0.3 is 4.42 Å². The first-order valence-corrected chi connectivity index (χ1v) is 9.31. The number of aromatic nitrogens is 1. The summed E-state index contributed by atoms with van der Waals surface area (Å²) in [4.78, 5) is 16.5. The average Bonchev–Trinajstić information content (AvgIpc) is 3.21. The topological polar surface area (TPSA) is 55.1 Å². The highest BCUT2D eigenvalue weighted by Crippen LogP contribution is 2.28. The number of furan rings is 1. The molecule has 0 aliphatic carbocycles. The molecule has 1 amide bonds. The molecule has 26 heavy (non-hydrogen) atoms. The van der Waals surface area contributed by atoms with Crippen LogP contribution in [-0.4, -0.2) is 10.9 Å². The molecule has 2 aromatic heterocycles. The molecule has 0 radical (unpaired) electrons. The van der Waals surface area contributed by atoms with Crippen molar-refractivity contribution in [2.75, 3.05) is 5.32 Å². The van der Waals surface area contributed by atoms with Crippen LogP contribution in [0.2, 0.25) is 0 Å². The molecule has 134 valence electrons. The number of hydrogen-bond acceptors (Lipinski definition) is 4. The predicted molar refractivity (Wildman–Crippen MR) is 107 cm³/mol. The van der Waals surface area contributed by atoms with Crippen LogP contribution in [0.4, 0.5) is 5.13 Å². The zero-order chi connectivity index (χ0) is 18.7. The molecule has 3 aromatic rings. The summed E-state index contributed by atoms with van der Waals surface area (Å²) in [5.74, 6) is 1.23. The van der Waals surface area contributed by atoms with Gasteiger partial charge in [-0.1, -0.05) is 45.0 Å². The van der Waals surface area contributed by atoms with E-state index in [1.807, 2.05) is 24.4 Å². The van der Waals surface area contributed by atoms with Crippen molar-refractivity contribution in [3.05, 3.63) is 64.9 Å². The molecule has 0 aliphatic rings. The van der Waals surface area contributed by atoms with Gasteiger partial charge in [0.2, 0.25) is 5.91 Å². The molecule has 1 aromatic carbocycles. The van der Waals surface area contributed by atoms with Crippen LogP contribution in [0.25, 0.3) is 17.3 Å². The molecule has 2 heterocycles. The second-order valence-corrected chi connectivity index (χ2v) is 7.99. The summed E-state index contributed by atoms with van der Waals surface area (Å²) >= 11 is 1.41. The second-order valence-electron chi connectivity index (χ2n) is 7.14. The van der Waals surface area contributed by atoms with Crippen LogP contribution in [0.5, 0.6) is 0 Å². The van der Waals surface area contributed by atoms with E-state index in [0.29, 0.717) is 10.9 Å². The van der Waals surface area contributed by atoms with Crippen LogP contribution in [0.1, 0.15) is 37.9 Å². The standard InChI is InChI=1S/C21H22N2O2S/c1-14-5-10-17(25-14)11-12-19(24)23-20-22-18(13-26-20)15-6-8-16(9-7-15)21(2,3)4/h5-13H,1-4H3,(H,22,23,24)/b12-11+. The summed E-state index contributed by atoms with van der Waals surface area (Å²) in [6.45, 7) is 8.44. The highest BCUT2D eigenvalue weighted by Gasteiger charge is 2.14. The molecule has 5 heteroatoms. The van der Waals surface area contributed by atoms with Gasteiger partial charge in [-0.2, -0.15) is 0 Å². The van der Waals surface area contributed by atoms with Crippen molar-refractivity contribution in [2.24, 2.45) is 0 Å². The van der Waals surface area contributed by atoms with Crippen LogP contribution in [0.15, 0.2) is 52.3 Å². The fraction of sp³-hybridized carbons (Fsp3) is 0.238. The Balaban J connectivity index is 1.66. The Kier molecular flexibility index (Phi) is 5.09. The lowest BCUT2D eigenvalue weighted by molar-refractivity contribution is -0.111. The monoisotopic (exact) mass is 366 g/mol. The molecule has 0 aliphatic heterocycles. The molecule has 0 saturated carbocycles. The number of amides is 1. The van der Waals surface area contributed by atoms with Gasteiger partial charge in [-0.05, 0) is 36.1 Å². The molecule has 1 N–H and O–H groups in total. The predicted octanol–water partition coefficient (Wildman–Crippen LogP) is 5.66. The van der Waals surface area contributed by atoms with Crippen molar-refractivity contribution in [2.45, 2.75) is 33.1 Å². The Morgan fingerprint density at radius 2 is 1.88 bits per heavy atom. The Labute approximate surface area is 157 Å². The van der Waals surface area contributed by atoms with Crippen LogP contribution in [0, 0.1) is 6.92 Å². The molecule has 0 atom stereocenters. The van der Waals surface area contributed by atoms with E-state index in [9.17, 15) is 4.79 Å². The van der Waals surface area contributed by atoms with Crippen molar-refractivity contribution in [1.29, 1.82) is 0 Å². The van der Waals surface area contributed by atoms with Gasteiger partial charge in [0.1, 0.15) is 11.5 Å². The summed E-state index contributed by atoms with van der Waals surface area (Å²) < 4.78 is 5.40. The molecule has 4 nitrogen and oxygen atoms in total. The lowest BCUT2D eigenvalue weighted by Gasteiger charge is -2.18. The summed E-state index contributed by atoms with van der Waals surface area (Å²) in [6, 6.07) is 12.1. The maximum absolute atomic E-state index is 12.0. The number of anilines is 1. The van der Waals surface area contributed by atoms with Crippen molar-refractivity contribution in [3.8, 4) is 11.3 Å².